The summed E-state index contributed by atoms with van der Waals surface area (Å²) >= 11 is 6.03. The van der Waals surface area contributed by atoms with Gasteiger partial charge in [0.2, 0.25) is 0 Å². The van der Waals surface area contributed by atoms with Crippen LogP contribution >= 0.6 is 11.6 Å². The van der Waals surface area contributed by atoms with Gasteiger partial charge in [-0.25, -0.2) is 15.0 Å². The molecule has 4 atom stereocenters. The summed E-state index contributed by atoms with van der Waals surface area (Å²) in [5, 5.41) is 0.138. The van der Waals surface area contributed by atoms with Crippen LogP contribution in [0.1, 0.15) is 27.0 Å². The number of esters is 3. The molecule has 3 rings (SSSR count). The summed E-state index contributed by atoms with van der Waals surface area (Å²) in [7, 11) is 0. The van der Waals surface area contributed by atoms with Gasteiger partial charge in [-0.2, -0.15) is 0 Å². The van der Waals surface area contributed by atoms with Crippen molar-refractivity contribution >= 4 is 40.7 Å². The summed E-state index contributed by atoms with van der Waals surface area (Å²) < 4.78 is 23.1. The van der Waals surface area contributed by atoms with Crippen LogP contribution in [0.25, 0.3) is 11.2 Å². The molecule has 12 heteroatoms. The monoisotopic (exact) mass is 414 g/mol. The smallest absolute Gasteiger partial charge is 0.303 e. The van der Waals surface area contributed by atoms with Gasteiger partial charge in [-0.3, -0.25) is 19.0 Å². The van der Waals surface area contributed by atoms with Gasteiger partial charge in [-0.1, -0.05) is 11.6 Å². The van der Waals surface area contributed by atoms with Crippen LogP contribution in [0.2, 0.25) is 5.15 Å². The molecule has 1 saturated heterocycles. The molecule has 0 unspecified atom stereocenters. The molecule has 1 fully saturated rings. The average molecular weight is 415 g/mol. The number of aromatic nitrogens is 4. The Morgan fingerprint density at radius 3 is 2.39 bits per heavy atom. The molecule has 2 aromatic rings. The van der Waals surface area contributed by atoms with Crippen LogP contribution in [0.5, 0.6) is 0 Å². The molecule has 3 heterocycles. The average Bonchev–Trinajstić information content (AvgIpc) is 3.16. The first-order chi connectivity index (χ1) is 13.3. The fraction of sp³-hybridized carbons (Fsp3) is 0.500. The van der Waals surface area contributed by atoms with Crippen LogP contribution in [0.15, 0.2) is 12.7 Å². The van der Waals surface area contributed by atoms with Gasteiger partial charge in [-0.15, -0.1) is 0 Å². The number of carbonyl (C=O) groups excluding carboxylic acids is 3. The maximum atomic E-state index is 11.7. The minimum atomic E-state index is -1.03. The lowest BCUT2D eigenvalue weighted by atomic mass is 10.1. The van der Waals surface area contributed by atoms with Crippen molar-refractivity contribution in [1.29, 1.82) is 0 Å². The second kappa shape index (κ2) is 8.07. The van der Waals surface area contributed by atoms with Crippen molar-refractivity contribution < 1.29 is 33.3 Å². The first-order valence-corrected chi connectivity index (χ1v) is 8.62. The van der Waals surface area contributed by atoms with Crippen molar-refractivity contribution in [3.63, 3.8) is 0 Å². The Labute approximate surface area is 163 Å². The third-order valence-electron chi connectivity index (χ3n) is 3.93. The second-order valence-electron chi connectivity index (χ2n) is 6.00. The van der Waals surface area contributed by atoms with E-state index in [0.717, 1.165) is 0 Å². The number of halogens is 1. The highest BCUT2D eigenvalue weighted by molar-refractivity contribution is 6.33. The number of carbonyl (C=O) groups is 3. The third kappa shape index (κ3) is 4.04. The lowest BCUT2D eigenvalue weighted by Gasteiger charge is -2.23. The number of nitrogens with zero attached hydrogens (tertiary/aromatic N) is 4. The van der Waals surface area contributed by atoms with Crippen LogP contribution in [0.4, 0.5) is 0 Å². The molecular formula is C16H17ClN4O7. The SMILES string of the molecule is CC(=O)OC[C@H]1O[C@@H](n2cnc3c(Cl)[15n][13cH]nc32)[C@H](OC(C)=O)[C@@H]1OC(C)=O. The summed E-state index contributed by atoms with van der Waals surface area (Å²) in [6.07, 6.45) is -1.24. The van der Waals surface area contributed by atoms with E-state index in [9.17, 15) is 14.4 Å². The van der Waals surface area contributed by atoms with Crippen molar-refractivity contribution in [2.24, 2.45) is 0 Å². The number of ether oxygens (including phenoxy) is 4. The summed E-state index contributed by atoms with van der Waals surface area (Å²) in [5.74, 6) is -1.76. The van der Waals surface area contributed by atoms with Gasteiger partial charge in [0.15, 0.2) is 29.2 Å². The van der Waals surface area contributed by atoms with Crippen LogP contribution in [0, 0.1) is 0 Å². The van der Waals surface area contributed by atoms with Gasteiger partial charge in [0, 0.05) is 20.8 Å². The lowest BCUT2D eigenvalue weighted by Crippen LogP contribution is -2.40. The molecule has 0 bridgehead atoms. The highest BCUT2D eigenvalue weighted by Gasteiger charge is 2.51. The molecule has 11 nitrogen and oxygen atoms in total. The summed E-state index contributed by atoms with van der Waals surface area (Å²) in [6.45, 7) is 3.45. The van der Waals surface area contributed by atoms with E-state index < -0.39 is 42.4 Å². The molecule has 2 aromatic heterocycles. The quantitative estimate of drug-likeness (QED) is 0.393. The Hall–Kier alpha value is -2.79. The number of fused-ring (bicyclic) bond motifs is 1. The van der Waals surface area contributed by atoms with Crippen LogP contribution in [0.3, 0.4) is 0 Å². The molecule has 0 radical (unpaired) electrons. The Kier molecular flexibility index (Phi) is 5.75. The maximum Gasteiger partial charge on any atom is 0.303 e. The number of rotatable bonds is 5. The molecule has 0 saturated carbocycles. The molecular weight excluding hydrogens is 398 g/mol. The van der Waals surface area contributed by atoms with E-state index in [1.807, 2.05) is 0 Å². The largest absolute Gasteiger partial charge is 0.463 e. The Balaban J connectivity index is 2.01. The van der Waals surface area contributed by atoms with Gasteiger partial charge >= 0.3 is 17.9 Å². The minimum absolute atomic E-state index is 0.138. The number of hydrogen-bond acceptors (Lipinski definition) is 10. The van der Waals surface area contributed by atoms with E-state index in [2.05, 4.69) is 15.0 Å². The second-order valence-corrected chi connectivity index (χ2v) is 6.36. The van der Waals surface area contributed by atoms with Crippen LogP contribution in [-0.2, 0) is 33.3 Å². The third-order valence-corrected chi connectivity index (χ3v) is 4.21. The van der Waals surface area contributed by atoms with E-state index in [1.165, 1.54) is 38.0 Å². The summed E-state index contributed by atoms with van der Waals surface area (Å²) in [6, 6.07) is 0. The molecule has 150 valence electrons. The Morgan fingerprint density at radius 2 is 1.75 bits per heavy atom. The first kappa shape index (κ1) is 20.0. The number of hydrogen-bond donors (Lipinski definition) is 0. The van der Waals surface area contributed by atoms with Crippen molar-refractivity contribution in [1.82, 2.24) is 19.5 Å². The molecule has 1 aliphatic heterocycles. The maximum absolute atomic E-state index is 11.7. The topological polar surface area (TPSA) is 132 Å². The molecule has 1 aliphatic rings. The number of imidazole rings is 1. The van der Waals surface area contributed by atoms with Crippen LogP contribution < -0.4 is 0 Å². The molecule has 0 aliphatic carbocycles. The summed E-state index contributed by atoms with van der Waals surface area (Å²) in [5.41, 5.74) is 0.652. The van der Waals surface area contributed by atoms with Crippen molar-refractivity contribution in [3.8, 4) is 0 Å². The van der Waals surface area contributed by atoms with E-state index in [4.69, 9.17) is 30.5 Å². The van der Waals surface area contributed by atoms with Gasteiger partial charge < -0.3 is 18.9 Å². The van der Waals surface area contributed by atoms with E-state index in [-0.39, 0.29) is 11.8 Å². The van der Waals surface area contributed by atoms with Gasteiger partial charge in [0.05, 0.1) is 6.33 Å². The standard InChI is InChI=1S/C16H17ClN4O7/c1-7(22)25-4-10-12(26-8(2)23)13(27-9(3)24)16(28-10)21-6-20-11-14(17)18-5-19-15(11)21/h5-6,10,12-13,16H,4H2,1-3H3/t10-,12-,13-,16-/m1/s1/i5+1,18+1. The molecule has 0 spiro atoms. The zero-order valence-electron chi connectivity index (χ0n) is 15.2. The van der Waals surface area contributed by atoms with Crippen molar-refractivity contribution in [3.05, 3.63) is 17.8 Å². The Morgan fingerprint density at radius 1 is 1.07 bits per heavy atom. The van der Waals surface area contributed by atoms with Gasteiger partial charge in [-0.05, 0) is 0 Å². The van der Waals surface area contributed by atoms with E-state index in [0.29, 0.717) is 11.2 Å². The predicted molar refractivity (Wildman–Crippen MR) is 92.0 cm³/mol. The highest BCUT2D eigenvalue weighted by atomic mass is 35.5. The van der Waals surface area contributed by atoms with Gasteiger partial charge in [0.1, 0.15) is 24.6 Å². The molecule has 0 aromatic carbocycles. The molecule has 0 N–H and O–H groups in total. The van der Waals surface area contributed by atoms with Crippen LogP contribution in [-0.4, -0.2) is 62.3 Å². The zero-order chi connectivity index (χ0) is 20.4. The predicted octanol–water partition coefficient (Wildman–Crippen LogP) is 0.804. The fourth-order valence-corrected chi connectivity index (χ4v) is 3.10. The molecule has 0 amide bonds. The van der Waals surface area contributed by atoms with E-state index in [1.54, 1.807) is 0 Å². The fourth-order valence-electron chi connectivity index (χ4n) is 2.93. The highest BCUT2D eigenvalue weighted by Crippen LogP contribution is 2.36. The normalized spacial score (nSPS) is 24.1. The minimum Gasteiger partial charge on any atom is -0.463 e. The zero-order valence-corrected chi connectivity index (χ0v) is 16.0. The van der Waals surface area contributed by atoms with Crippen molar-refractivity contribution in [2.75, 3.05) is 6.61 Å². The first-order valence-electron chi connectivity index (χ1n) is 8.24. The van der Waals surface area contributed by atoms with Gasteiger partial charge in [0.25, 0.3) is 0 Å². The van der Waals surface area contributed by atoms with E-state index >= 15 is 0 Å². The van der Waals surface area contributed by atoms with Crippen molar-refractivity contribution in [2.45, 2.75) is 45.3 Å². The summed E-state index contributed by atoms with van der Waals surface area (Å²) in [4.78, 5) is 46.6. The Bertz CT molecular complexity index is 918. The lowest BCUT2D eigenvalue weighted by molar-refractivity contribution is -0.166. The molecule has 28 heavy (non-hydrogen) atoms.